The lowest BCUT2D eigenvalue weighted by atomic mass is 9.63. The average Bonchev–Trinajstić information content (AvgIpc) is 3.19. The topological polar surface area (TPSA) is 135 Å². The van der Waals surface area contributed by atoms with Crippen LogP contribution < -0.4 is 10.6 Å². The fraction of sp³-hybridized carbons (Fsp3) is 0.600. The van der Waals surface area contributed by atoms with Gasteiger partial charge in [-0.15, -0.1) is 11.3 Å². The van der Waals surface area contributed by atoms with E-state index < -0.39 is 5.41 Å². The summed E-state index contributed by atoms with van der Waals surface area (Å²) in [5, 5.41) is 31.5. The largest absolute Gasteiger partial charge is 0.511 e. The number of anilines is 2. The van der Waals surface area contributed by atoms with Crippen molar-refractivity contribution in [2.45, 2.75) is 82.2 Å². The maximum absolute atomic E-state index is 11.8. The molecule has 4 N–H and O–H groups in total. The third-order valence-electron chi connectivity index (χ3n) is 9.42. The third-order valence-corrected chi connectivity index (χ3v) is 10.5. The van der Waals surface area contributed by atoms with E-state index >= 15 is 0 Å². The molecule has 2 saturated heterocycles. The van der Waals surface area contributed by atoms with Crippen molar-refractivity contribution in [2.24, 2.45) is 0 Å². The maximum Gasteiger partial charge on any atom is 0.226 e. The predicted octanol–water partition coefficient (Wildman–Crippen LogP) is 4.71. The SMILES string of the molecule is C[C@H]1CN(C2CCOCC2)CCCN1c1nccc(C(=N)C2=C(O)[C@@]3(CCC2)CCCc2sc(N)c(C#N)c23)n1. The van der Waals surface area contributed by atoms with Gasteiger partial charge in [-0.25, -0.2) is 9.97 Å². The summed E-state index contributed by atoms with van der Waals surface area (Å²) >= 11 is 1.48. The van der Waals surface area contributed by atoms with Crippen molar-refractivity contribution in [3.05, 3.63) is 45.3 Å². The highest BCUT2D eigenvalue weighted by molar-refractivity contribution is 7.16. The molecule has 4 heterocycles. The molecule has 0 bridgehead atoms. The van der Waals surface area contributed by atoms with Gasteiger partial charge in [0.15, 0.2) is 0 Å². The molecule has 0 amide bonds. The Kier molecular flexibility index (Phi) is 7.55. The van der Waals surface area contributed by atoms with Crippen molar-refractivity contribution in [2.75, 3.05) is 43.5 Å². The van der Waals surface area contributed by atoms with Gasteiger partial charge >= 0.3 is 0 Å². The number of hydrogen-bond donors (Lipinski definition) is 3. The van der Waals surface area contributed by atoms with E-state index in [-0.39, 0.29) is 17.5 Å². The number of nitrogens with one attached hydrogen (secondary N) is 1. The highest BCUT2D eigenvalue weighted by atomic mass is 32.1. The highest BCUT2D eigenvalue weighted by Gasteiger charge is 2.47. The zero-order chi connectivity index (χ0) is 27.9. The van der Waals surface area contributed by atoms with E-state index in [9.17, 15) is 15.8 Å². The van der Waals surface area contributed by atoms with E-state index in [2.05, 4.69) is 27.8 Å². The molecule has 2 aliphatic heterocycles. The zero-order valence-corrected chi connectivity index (χ0v) is 24.1. The molecule has 0 unspecified atom stereocenters. The van der Waals surface area contributed by atoms with Gasteiger partial charge in [-0.05, 0) is 76.3 Å². The Labute approximate surface area is 240 Å². The summed E-state index contributed by atoms with van der Waals surface area (Å²) in [7, 11) is 0. The Balaban J connectivity index is 1.28. The molecule has 2 fully saturated rings. The van der Waals surface area contributed by atoms with Crippen molar-refractivity contribution in [1.29, 1.82) is 10.7 Å². The van der Waals surface area contributed by atoms with Gasteiger partial charge in [0.2, 0.25) is 5.95 Å². The second kappa shape index (κ2) is 11.1. The summed E-state index contributed by atoms with van der Waals surface area (Å²) in [5.74, 6) is 0.876. The number of nitrogens with two attached hydrogens (primary N) is 1. The number of hydrogen-bond acceptors (Lipinski definition) is 10. The fourth-order valence-corrected chi connectivity index (χ4v) is 8.60. The van der Waals surface area contributed by atoms with Crippen molar-refractivity contribution in [1.82, 2.24) is 14.9 Å². The van der Waals surface area contributed by atoms with E-state index in [4.69, 9.17) is 15.5 Å². The Morgan fingerprint density at radius 2 is 2.00 bits per heavy atom. The van der Waals surface area contributed by atoms with Crippen LogP contribution in [0.2, 0.25) is 0 Å². The van der Waals surface area contributed by atoms with E-state index in [0.717, 1.165) is 94.7 Å². The van der Waals surface area contributed by atoms with Crippen LogP contribution in [0, 0.1) is 16.7 Å². The molecule has 0 saturated carbocycles. The molecule has 2 atom stereocenters. The summed E-state index contributed by atoms with van der Waals surface area (Å²) in [4.78, 5) is 15.5. The van der Waals surface area contributed by atoms with Crippen LogP contribution in [0.4, 0.5) is 10.9 Å². The summed E-state index contributed by atoms with van der Waals surface area (Å²) in [6, 6.07) is 4.91. The number of fused-ring (bicyclic) bond motifs is 2. The van der Waals surface area contributed by atoms with Crippen LogP contribution in [0.3, 0.4) is 0 Å². The number of thiophene rings is 1. The van der Waals surface area contributed by atoms with Gasteiger partial charge in [0.1, 0.15) is 16.8 Å². The van der Waals surface area contributed by atoms with Gasteiger partial charge in [0.25, 0.3) is 0 Å². The predicted molar refractivity (Wildman–Crippen MR) is 157 cm³/mol. The number of allylic oxidation sites excluding steroid dienone is 2. The lowest BCUT2D eigenvalue weighted by molar-refractivity contribution is 0.0343. The summed E-state index contributed by atoms with van der Waals surface area (Å²) < 4.78 is 5.58. The quantitative estimate of drug-likeness (QED) is 0.457. The van der Waals surface area contributed by atoms with Gasteiger partial charge < -0.3 is 20.5 Å². The van der Waals surface area contributed by atoms with Gasteiger partial charge in [0.05, 0.1) is 22.4 Å². The molecule has 9 nitrogen and oxygen atoms in total. The molecule has 212 valence electrons. The average molecular weight is 562 g/mol. The lowest BCUT2D eigenvalue weighted by Gasteiger charge is -2.41. The number of aliphatic hydroxyl groups excluding tert-OH is 1. The molecule has 10 heteroatoms. The van der Waals surface area contributed by atoms with Crippen LogP contribution in [-0.2, 0) is 16.6 Å². The molecule has 6 rings (SSSR count). The molecule has 40 heavy (non-hydrogen) atoms. The molecule has 2 aromatic heterocycles. The van der Waals surface area contributed by atoms with E-state index in [1.807, 2.05) is 0 Å². The number of aliphatic hydroxyl groups is 1. The minimum absolute atomic E-state index is 0.231. The number of nitrogen functional groups attached to an aromatic ring is 1. The Hall–Kier alpha value is -3.00. The number of nitrogens with zero attached hydrogens (tertiary/aromatic N) is 5. The summed E-state index contributed by atoms with van der Waals surface area (Å²) in [6.07, 6.45) is 9.73. The fourth-order valence-electron chi connectivity index (χ4n) is 7.44. The van der Waals surface area contributed by atoms with Crippen molar-refractivity contribution in [3.8, 4) is 6.07 Å². The van der Waals surface area contributed by atoms with E-state index in [0.29, 0.717) is 40.2 Å². The number of ether oxygens (including phenoxy) is 1. The zero-order valence-electron chi connectivity index (χ0n) is 23.3. The lowest BCUT2D eigenvalue weighted by Crippen LogP contribution is -2.45. The van der Waals surface area contributed by atoms with Crippen molar-refractivity contribution < 1.29 is 9.84 Å². The van der Waals surface area contributed by atoms with Crippen molar-refractivity contribution in [3.63, 3.8) is 0 Å². The van der Waals surface area contributed by atoms with Gasteiger partial charge in [-0.3, -0.25) is 10.3 Å². The minimum Gasteiger partial charge on any atom is -0.511 e. The number of aryl methyl sites for hydroxylation is 1. The molecular weight excluding hydrogens is 522 g/mol. The first kappa shape index (κ1) is 27.2. The molecule has 0 aromatic carbocycles. The first-order valence-electron chi connectivity index (χ1n) is 14.7. The second-order valence-corrected chi connectivity index (χ2v) is 12.9. The minimum atomic E-state index is -0.643. The first-order valence-corrected chi connectivity index (χ1v) is 15.5. The van der Waals surface area contributed by atoms with E-state index in [1.165, 1.54) is 11.3 Å². The van der Waals surface area contributed by atoms with Gasteiger partial charge in [0, 0.05) is 61.6 Å². The summed E-state index contributed by atoms with van der Waals surface area (Å²) in [5.41, 5.74) is 8.42. The highest BCUT2D eigenvalue weighted by Crippen LogP contribution is 2.54. The molecule has 0 radical (unpaired) electrons. The Bertz CT molecular complexity index is 1360. The van der Waals surface area contributed by atoms with E-state index in [1.54, 1.807) is 12.3 Å². The smallest absolute Gasteiger partial charge is 0.226 e. The van der Waals surface area contributed by atoms with Crippen LogP contribution in [0.25, 0.3) is 0 Å². The second-order valence-electron chi connectivity index (χ2n) is 11.7. The van der Waals surface area contributed by atoms with Crippen molar-refractivity contribution >= 4 is 28.0 Å². The molecule has 1 spiro atoms. The third kappa shape index (κ3) is 4.68. The Morgan fingerprint density at radius 1 is 1.23 bits per heavy atom. The molecular formula is C30H39N7O2S. The van der Waals surface area contributed by atoms with Gasteiger partial charge in [-0.2, -0.15) is 5.26 Å². The first-order chi connectivity index (χ1) is 19.4. The summed E-state index contributed by atoms with van der Waals surface area (Å²) in [6.45, 7) is 6.80. The number of aromatic nitrogens is 2. The Morgan fingerprint density at radius 3 is 2.77 bits per heavy atom. The van der Waals surface area contributed by atoms with Crippen LogP contribution in [0.5, 0.6) is 0 Å². The number of nitriles is 1. The normalized spacial score (nSPS) is 26.4. The molecule has 2 aliphatic carbocycles. The van der Waals surface area contributed by atoms with Crippen LogP contribution >= 0.6 is 11.3 Å². The molecule has 2 aromatic rings. The van der Waals surface area contributed by atoms with Crippen LogP contribution in [-0.4, -0.2) is 70.6 Å². The van der Waals surface area contributed by atoms with Gasteiger partial charge in [-0.1, -0.05) is 0 Å². The van der Waals surface area contributed by atoms with Crippen LogP contribution in [0.1, 0.15) is 80.0 Å². The molecule has 4 aliphatic rings. The maximum atomic E-state index is 11.8. The monoisotopic (exact) mass is 561 g/mol. The number of rotatable bonds is 4. The van der Waals surface area contributed by atoms with Crippen LogP contribution in [0.15, 0.2) is 23.6 Å². The standard InChI is InChI=1S/C30H39N7O2S/c1-19-18-36(20-8-15-39-16-9-20)13-4-14-37(19)29-34-12-7-23(35-29)26(32)21-5-2-10-30(27(21)38)11-3-6-24-25(30)22(17-31)28(33)40-24/h7,12,19-20,32,38H,2-6,8-11,13-16,18,33H2,1H3/t19-,30-/m0/s1.